The summed E-state index contributed by atoms with van der Waals surface area (Å²) in [6.45, 7) is 5.80. The van der Waals surface area contributed by atoms with E-state index in [1.807, 2.05) is 13.0 Å². The van der Waals surface area contributed by atoms with Crippen LogP contribution in [0.4, 0.5) is 0 Å². The lowest BCUT2D eigenvalue weighted by Crippen LogP contribution is -2.08. The van der Waals surface area contributed by atoms with E-state index in [1.54, 1.807) is 18.2 Å². The number of carbonyl (C=O) groups is 1. The Labute approximate surface area is 94.1 Å². The first-order chi connectivity index (χ1) is 7.63. The van der Waals surface area contributed by atoms with Gasteiger partial charge in [-0.3, -0.25) is 0 Å². The smallest absolute Gasteiger partial charge is 0.334 e. The monoisotopic (exact) mass is 222 g/mol. The molecule has 0 fully saturated rings. The van der Waals surface area contributed by atoms with E-state index in [-0.39, 0.29) is 12.2 Å². The van der Waals surface area contributed by atoms with E-state index >= 15 is 0 Å². The minimum atomic E-state index is -1.05. The number of carboxylic acid groups (broad SMARTS) is 1. The predicted octanol–water partition coefficient (Wildman–Crippen LogP) is 2.10. The van der Waals surface area contributed by atoms with Crippen LogP contribution in [0.2, 0.25) is 0 Å². The SMILES string of the molecule is C=C(COc1cccc(OCC)c1)C(=O)O. The zero-order valence-corrected chi connectivity index (χ0v) is 9.10. The first-order valence-electron chi connectivity index (χ1n) is 4.90. The van der Waals surface area contributed by atoms with Crippen LogP contribution < -0.4 is 9.47 Å². The second-order valence-electron chi connectivity index (χ2n) is 3.11. The summed E-state index contributed by atoms with van der Waals surface area (Å²) in [4.78, 5) is 10.5. The zero-order valence-electron chi connectivity index (χ0n) is 9.10. The topological polar surface area (TPSA) is 55.8 Å². The van der Waals surface area contributed by atoms with Gasteiger partial charge in [-0.1, -0.05) is 12.6 Å². The Balaban J connectivity index is 2.57. The number of carboxylic acids is 1. The van der Waals surface area contributed by atoms with Gasteiger partial charge in [0.15, 0.2) is 0 Å². The van der Waals surface area contributed by atoms with Crippen LogP contribution in [0, 0.1) is 0 Å². The molecular weight excluding hydrogens is 208 g/mol. The van der Waals surface area contributed by atoms with Crippen molar-refractivity contribution in [2.45, 2.75) is 6.92 Å². The van der Waals surface area contributed by atoms with Crippen LogP contribution in [0.15, 0.2) is 36.4 Å². The lowest BCUT2D eigenvalue weighted by molar-refractivity contribution is -0.133. The minimum absolute atomic E-state index is 0.0156. The quantitative estimate of drug-likeness (QED) is 0.749. The van der Waals surface area contributed by atoms with Crippen LogP contribution in [0.3, 0.4) is 0 Å². The van der Waals surface area contributed by atoms with Crippen molar-refractivity contribution >= 4 is 5.97 Å². The summed E-state index contributed by atoms with van der Waals surface area (Å²) in [6, 6.07) is 7.03. The number of aliphatic carboxylic acids is 1. The van der Waals surface area contributed by atoms with Gasteiger partial charge in [0.05, 0.1) is 12.2 Å². The molecule has 0 aliphatic rings. The molecule has 0 atom stereocenters. The Bertz CT molecular complexity index is 384. The van der Waals surface area contributed by atoms with Crippen molar-refractivity contribution in [3.8, 4) is 11.5 Å². The second kappa shape index (κ2) is 5.80. The number of benzene rings is 1. The second-order valence-corrected chi connectivity index (χ2v) is 3.11. The molecule has 0 saturated carbocycles. The zero-order chi connectivity index (χ0) is 12.0. The molecule has 0 spiro atoms. The average molecular weight is 222 g/mol. The van der Waals surface area contributed by atoms with E-state index in [1.165, 1.54) is 0 Å². The van der Waals surface area contributed by atoms with Gasteiger partial charge < -0.3 is 14.6 Å². The van der Waals surface area contributed by atoms with Crippen molar-refractivity contribution in [2.75, 3.05) is 13.2 Å². The summed E-state index contributed by atoms with van der Waals surface area (Å²) in [5.41, 5.74) is 0.0156. The molecule has 1 aromatic rings. The maximum Gasteiger partial charge on any atom is 0.334 e. The van der Waals surface area contributed by atoms with Gasteiger partial charge >= 0.3 is 5.97 Å². The lowest BCUT2D eigenvalue weighted by atomic mass is 10.3. The van der Waals surface area contributed by atoms with E-state index in [2.05, 4.69) is 6.58 Å². The van der Waals surface area contributed by atoms with Gasteiger partial charge in [0.25, 0.3) is 0 Å². The molecule has 4 nitrogen and oxygen atoms in total. The van der Waals surface area contributed by atoms with Crippen molar-refractivity contribution in [1.82, 2.24) is 0 Å². The molecule has 0 aliphatic carbocycles. The van der Waals surface area contributed by atoms with Crippen LogP contribution in [0.1, 0.15) is 6.92 Å². The third-order valence-electron chi connectivity index (χ3n) is 1.83. The molecule has 86 valence electrons. The third kappa shape index (κ3) is 3.65. The van der Waals surface area contributed by atoms with E-state index in [0.29, 0.717) is 18.1 Å². The number of hydrogen-bond donors (Lipinski definition) is 1. The van der Waals surface area contributed by atoms with Crippen molar-refractivity contribution in [3.05, 3.63) is 36.4 Å². The van der Waals surface area contributed by atoms with Gasteiger partial charge in [-0.2, -0.15) is 0 Å². The molecule has 0 heterocycles. The largest absolute Gasteiger partial charge is 0.494 e. The molecule has 1 N–H and O–H groups in total. The normalized spacial score (nSPS) is 9.56. The summed E-state index contributed by atoms with van der Waals surface area (Å²) in [6.07, 6.45) is 0. The highest BCUT2D eigenvalue weighted by atomic mass is 16.5. The highest BCUT2D eigenvalue weighted by Crippen LogP contribution is 2.19. The Morgan fingerprint density at radius 2 is 2.00 bits per heavy atom. The minimum Gasteiger partial charge on any atom is -0.494 e. The number of rotatable bonds is 6. The van der Waals surface area contributed by atoms with Crippen molar-refractivity contribution in [2.24, 2.45) is 0 Å². The highest BCUT2D eigenvalue weighted by Gasteiger charge is 2.05. The predicted molar refractivity (Wildman–Crippen MR) is 59.9 cm³/mol. The Morgan fingerprint density at radius 1 is 1.38 bits per heavy atom. The fourth-order valence-electron chi connectivity index (χ4n) is 1.05. The first kappa shape index (κ1) is 12.1. The van der Waals surface area contributed by atoms with Crippen LogP contribution in [0.25, 0.3) is 0 Å². The fourth-order valence-corrected chi connectivity index (χ4v) is 1.05. The number of hydrogen-bond acceptors (Lipinski definition) is 3. The molecule has 0 radical (unpaired) electrons. The van der Waals surface area contributed by atoms with Crippen molar-refractivity contribution < 1.29 is 19.4 Å². The maximum atomic E-state index is 10.5. The van der Waals surface area contributed by atoms with Gasteiger partial charge in [-0.25, -0.2) is 4.79 Å². The summed E-state index contributed by atoms with van der Waals surface area (Å²) in [5, 5.41) is 8.59. The third-order valence-corrected chi connectivity index (χ3v) is 1.83. The van der Waals surface area contributed by atoms with Crippen LogP contribution in [-0.4, -0.2) is 24.3 Å². The van der Waals surface area contributed by atoms with E-state index in [0.717, 1.165) is 0 Å². The molecule has 0 saturated heterocycles. The van der Waals surface area contributed by atoms with Gasteiger partial charge in [-0.15, -0.1) is 0 Å². The van der Waals surface area contributed by atoms with Gasteiger partial charge in [-0.05, 0) is 19.1 Å². The van der Waals surface area contributed by atoms with E-state index in [4.69, 9.17) is 14.6 Å². The molecule has 4 heteroatoms. The van der Waals surface area contributed by atoms with Crippen LogP contribution in [-0.2, 0) is 4.79 Å². The van der Waals surface area contributed by atoms with Gasteiger partial charge in [0.2, 0.25) is 0 Å². The molecule has 16 heavy (non-hydrogen) atoms. The summed E-state index contributed by atoms with van der Waals surface area (Å²) in [7, 11) is 0. The Morgan fingerprint density at radius 3 is 2.56 bits per heavy atom. The Hall–Kier alpha value is -1.97. The number of ether oxygens (including phenoxy) is 2. The van der Waals surface area contributed by atoms with Gasteiger partial charge in [0.1, 0.15) is 18.1 Å². The molecule has 1 rings (SSSR count). The molecule has 1 aromatic carbocycles. The van der Waals surface area contributed by atoms with E-state index in [9.17, 15) is 4.79 Å². The maximum absolute atomic E-state index is 10.5. The summed E-state index contributed by atoms with van der Waals surface area (Å²) in [5.74, 6) is 0.204. The standard InChI is InChI=1S/C12H14O4/c1-3-15-10-5-4-6-11(7-10)16-8-9(2)12(13)14/h4-7H,2-3,8H2,1H3,(H,13,14). The van der Waals surface area contributed by atoms with Crippen LogP contribution in [0.5, 0.6) is 11.5 Å². The van der Waals surface area contributed by atoms with Crippen molar-refractivity contribution in [1.29, 1.82) is 0 Å². The first-order valence-corrected chi connectivity index (χ1v) is 4.90. The van der Waals surface area contributed by atoms with Gasteiger partial charge in [0, 0.05) is 6.07 Å². The molecular formula is C12H14O4. The molecule has 0 aromatic heterocycles. The fraction of sp³-hybridized carbons (Fsp3) is 0.250. The molecule has 0 bridgehead atoms. The average Bonchev–Trinajstić information content (AvgIpc) is 2.26. The lowest BCUT2D eigenvalue weighted by Gasteiger charge is -2.08. The molecule has 0 unspecified atom stereocenters. The van der Waals surface area contributed by atoms with Crippen LogP contribution >= 0.6 is 0 Å². The Kier molecular flexibility index (Phi) is 4.39. The van der Waals surface area contributed by atoms with Crippen molar-refractivity contribution in [3.63, 3.8) is 0 Å². The van der Waals surface area contributed by atoms with E-state index < -0.39 is 5.97 Å². The molecule has 0 aliphatic heterocycles. The summed E-state index contributed by atoms with van der Waals surface area (Å²) < 4.78 is 10.5. The summed E-state index contributed by atoms with van der Waals surface area (Å²) >= 11 is 0. The highest BCUT2D eigenvalue weighted by molar-refractivity contribution is 5.86. The molecule has 0 amide bonds.